The smallest absolute Gasteiger partial charge is 0.240 e. The molecule has 0 saturated carbocycles. The lowest BCUT2D eigenvalue weighted by Gasteiger charge is -2.35. The summed E-state index contributed by atoms with van der Waals surface area (Å²) in [6.07, 6.45) is 1.04. The van der Waals surface area contributed by atoms with E-state index >= 15 is 0 Å². The van der Waals surface area contributed by atoms with E-state index < -0.39 is 22.5 Å². The van der Waals surface area contributed by atoms with Crippen molar-refractivity contribution in [3.05, 3.63) is 27.7 Å². The summed E-state index contributed by atoms with van der Waals surface area (Å²) >= 11 is 13.7. The third-order valence-electron chi connectivity index (χ3n) is 3.14. The van der Waals surface area contributed by atoms with Gasteiger partial charge in [0.1, 0.15) is 5.83 Å². The third kappa shape index (κ3) is 2.35. The van der Waals surface area contributed by atoms with Gasteiger partial charge in [-0.3, -0.25) is 4.79 Å². The number of thioether (sulfide) groups is 1. The summed E-state index contributed by atoms with van der Waals surface area (Å²) in [5.74, 6) is -1.27. The number of amides is 1. The van der Waals surface area contributed by atoms with E-state index in [2.05, 4.69) is 15.5 Å². The number of nitrogens with zero attached hydrogens (tertiary/aromatic N) is 4. The SMILES string of the molecule is CCSC1=C(Cl)C=C(F)C(C(N)=O)(c2nnnn2C)C1Cl. The molecular formula is C11H12Cl2FN5OS. The van der Waals surface area contributed by atoms with Crippen molar-refractivity contribution in [1.82, 2.24) is 20.2 Å². The van der Waals surface area contributed by atoms with E-state index in [4.69, 9.17) is 28.9 Å². The summed E-state index contributed by atoms with van der Waals surface area (Å²) in [7, 11) is 1.48. The van der Waals surface area contributed by atoms with Gasteiger partial charge < -0.3 is 5.73 Å². The van der Waals surface area contributed by atoms with Gasteiger partial charge in [0, 0.05) is 12.0 Å². The fourth-order valence-electron chi connectivity index (χ4n) is 2.17. The van der Waals surface area contributed by atoms with Gasteiger partial charge in [0.25, 0.3) is 0 Å². The molecule has 2 atom stereocenters. The Hall–Kier alpha value is -1.12. The number of primary amides is 1. The molecule has 0 aromatic carbocycles. The Balaban J connectivity index is 2.71. The highest BCUT2D eigenvalue weighted by Crippen LogP contribution is 2.49. The standard InChI is InChI=1S/C11H12Cl2FN5OS/c1-3-21-7-5(12)4-6(14)11(8(7)13,9(15)20)10-16-17-18-19(10)2/h4,8H,3H2,1-2H3,(H2,15,20). The van der Waals surface area contributed by atoms with Gasteiger partial charge in [-0.05, 0) is 22.3 Å². The first-order valence-electron chi connectivity index (χ1n) is 5.94. The maximum atomic E-state index is 14.7. The second kappa shape index (κ2) is 5.94. The number of nitrogens with two attached hydrogens (primary N) is 1. The number of alkyl halides is 1. The Morgan fingerprint density at radius 3 is 2.81 bits per heavy atom. The van der Waals surface area contributed by atoms with Crippen LogP contribution in [-0.2, 0) is 17.3 Å². The van der Waals surface area contributed by atoms with Gasteiger partial charge in [-0.1, -0.05) is 18.5 Å². The Bertz CT molecular complexity index is 646. The van der Waals surface area contributed by atoms with Crippen LogP contribution in [0.15, 0.2) is 21.8 Å². The molecule has 2 unspecified atom stereocenters. The minimum Gasteiger partial charge on any atom is -0.368 e. The number of rotatable bonds is 4. The second-order valence-corrected chi connectivity index (χ2v) is 6.45. The van der Waals surface area contributed by atoms with Crippen LogP contribution in [0.25, 0.3) is 0 Å². The third-order valence-corrected chi connectivity index (χ3v) is 5.29. The van der Waals surface area contributed by atoms with Crippen LogP contribution in [0.4, 0.5) is 4.39 Å². The van der Waals surface area contributed by atoms with Gasteiger partial charge in [-0.25, -0.2) is 9.07 Å². The van der Waals surface area contributed by atoms with Gasteiger partial charge >= 0.3 is 0 Å². The lowest BCUT2D eigenvalue weighted by atomic mass is 9.78. The monoisotopic (exact) mass is 351 g/mol. The van der Waals surface area contributed by atoms with Crippen LogP contribution in [0.1, 0.15) is 12.7 Å². The molecule has 2 rings (SSSR count). The summed E-state index contributed by atoms with van der Waals surface area (Å²) in [6.45, 7) is 1.88. The molecule has 0 spiro atoms. The van der Waals surface area contributed by atoms with E-state index in [0.29, 0.717) is 10.7 Å². The predicted molar refractivity (Wildman–Crippen MR) is 79.5 cm³/mol. The largest absolute Gasteiger partial charge is 0.368 e. The van der Waals surface area contributed by atoms with Gasteiger partial charge in [-0.15, -0.1) is 28.5 Å². The van der Waals surface area contributed by atoms with E-state index in [-0.39, 0.29) is 10.9 Å². The van der Waals surface area contributed by atoms with Gasteiger partial charge in [0.2, 0.25) is 5.91 Å². The van der Waals surface area contributed by atoms with Crippen molar-refractivity contribution in [3.8, 4) is 0 Å². The van der Waals surface area contributed by atoms with Gasteiger partial charge in [0.15, 0.2) is 11.2 Å². The van der Waals surface area contributed by atoms with Crippen molar-refractivity contribution in [2.24, 2.45) is 12.8 Å². The number of allylic oxidation sites excluding steroid dienone is 3. The van der Waals surface area contributed by atoms with Gasteiger partial charge in [0.05, 0.1) is 10.4 Å². The average Bonchev–Trinajstić information content (AvgIpc) is 2.81. The Morgan fingerprint density at radius 2 is 2.33 bits per heavy atom. The minimum atomic E-state index is -1.98. The normalized spacial score (nSPS) is 26.0. The number of carbonyl (C=O) groups excluding carboxylic acids is 1. The first-order chi connectivity index (χ1) is 9.87. The fraction of sp³-hybridized carbons (Fsp3) is 0.455. The zero-order valence-electron chi connectivity index (χ0n) is 11.2. The van der Waals surface area contributed by atoms with Crippen LogP contribution < -0.4 is 5.73 Å². The lowest BCUT2D eigenvalue weighted by molar-refractivity contribution is -0.123. The number of carbonyl (C=O) groups is 1. The van der Waals surface area contributed by atoms with Crippen molar-refractivity contribution >= 4 is 40.9 Å². The second-order valence-electron chi connectivity index (χ2n) is 4.30. The summed E-state index contributed by atoms with van der Waals surface area (Å²) < 4.78 is 15.8. The first-order valence-corrected chi connectivity index (χ1v) is 7.74. The van der Waals surface area contributed by atoms with Gasteiger partial charge in [-0.2, -0.15) is 0 Å². The van der Waals surface area contributed by atoms with Crippen LogP contribution in [0.2, 0.25) is 0 Å². The van der Waals surface area contributed by atoms with E-state index in [1.54, 1.807) is 0 Å². The Kier molecular flexibility index (Phi) is 4.60. The Labute approximate surface area is 134 Å². The van der Waals surface area contributed by atoms with Crippen molar-refractivity contribution in [1.29, 1.82) is 0 Å². The molecule has 0 aliphatic heterocycles. The molecule has 0 bridgehead atoms. The molecule has 0 radical (unpaired) electrons. The lowest BCUT2D eigenvalue weighted by Crippen LogP contribution is -2.52. The van der Waals surface area contributed by atoms with Crippen molar-refractivity contribution in [2.45, 2.75) is 17.7 Å². The summed E-state index contributed by atoms with van der Waals surface area (Å²) in [5.41, 5.74) is 3.48. The first kappa shape index (κ1) is 16.3. The van der Waals surface area contributed by atoms with Crippen LogP contribution in [0.5, 0.6) is 0 Å². The highest BCUT2D eigenvalue weighted by Gasteiger charge is 2.57. The number of tetrazole rings is 1. The van der Waals surface area contributed by atoms with Crippen LogP contribution in [0.3, 0.4) is 0 Å². The fourth-order valence-corrected chi connectivity index (χ4v) is 4.04. The van der Waals surface area contributed by atoms with Crippen LogP contribution >= 0.6 is 35.0 Å². The van der Waals surface area contributed by atoms with Crippen molar-refractivity contribution in [2.75, 3.05) is 5.75 Å². The molecular weight excluding hydrogens is 340 g/mol. The van der Waals surface area contributed by atoms with E-state index in [0.717, 1.165) is 6.08 Å². The number of aryl methyl sites for hydroxylation is 1. The molecule has 6 nitrogen and oxygen atoms in total. The summed E-state index contributed by atoms with van der Waals surface area (Å²) in [5, 5.41) is 9.78. The van der Waals surface area contributed by atoms with Crippen LogP contribution in [0, 0.1) is 0 Å². The molecule has 114 valence electrons. The van der Waals surface area contributed by atoms with Crippen molar-refractivity contribution in [3.63, 3.8) is 0 Å². The topological polar surface area (TPSA) is 86.7 Å². The molecule has 1 aromatic heterocycles. The molecule has 2 N–H and O–H groups in total. The summed E-state index contributed by atoms with van der Waals surface area (Å²) in [6, 6.07) is 0. The highest BCUT2D eigenvalue weighted by molar-refractivity contribution is 8.03. The average molecular weight is 352 g/mol. The number of halogens is 3. The maximum absolute atomic E-state index is 14.7. The highest BCUT2D eigenvalue weighted by atomic mass is 35.5. The van der Waals surface area contributed by atoms with E-state index in [9.17, 15) is 9.18 Å². The molecule has 0 saturated heterocycles. The number of hydrogen-bond acceptors (Lipinski definition) is 5. The zero-order valence-corrected chi connectivity index (χ0v) is 13.5. The molecule has 1 amide bonds. The zero-order chi connectivity index (χ0) is 15.8. The van der Waals surface area contributed by atoms with E-state index in [1.807, 2.05) is 6.92 Å². The number of aromatic nitrogens is 4. The van der Waals surface area contributed by atoms with E-state index in [1.165, 1.54) is 23.5 Å². The Morgan fingerprint density at radius 1 is 1.67 bits per heavy atom. The molecule has 1 aromatic rings. The molecule has 1 heterocycles. The molecule has 21 heavy (non-hydrogen) atoms. The summed E-state index contributed by atoms with van der Waals surface area (Å²) in [4.78, 5) is 12.5. The molecule has 1 aliphatic rings. The quantitative estimate of drug-likeness (QED) is 0.832. The molecule has 0 fully saturated rings. The maximum Gasteiger partial charge on any atom is 0.240 e. The predicted octanol–water partition coefficient (Wildman–Crippen LogP) is 1.61. The van der Waals surface area contributed by atoms with Crippen LogP contribution in [-0.4, -0.2) is 37.2 Å². The van der Waals surface area contributed by atoms with Crippen molar-refractivity contribution < 1.29 is 9.18 Å². The molecule has 10 heteroatoms. The minimum absolute atomic E-state index is 0.0675. The number of hydrogen-bond donors (Lipinski definition) is 1. The molecule has 1 aliphatic carbocycles.